The highest BCUT2D eigenvalue weighted by atomic mass is 16.4. The zero-order chi connectivity index (χ0) is 43.2. The number of nitrogens with one attached hydrogen (secondary N) is 6. The first-order chi connectivity index (χ1) is 28.0. The smallest absolute Gasteiger partial charge is 0.325 e. The zero-order valence-electron chi connectivity index (χ0n) is 31.7. The van der Waals surface area contributed by atoms with Gasteiger partial charge < -0.3 is 57.7 Å². The second kappa shape index (κ2) is 20.8. The molecule has 4 aromatic rings. The topological polar surface area (TPSA) is 319 Å². The molecule has 0 aliphatic rings. The van der Waals surface area contributed by atoms with Crippen molar-refractivity contribution >= 4 is 58.3 Å². The van der Waals surface area contributed by atoms with E-state index in [-0.39, 0.29) is 25.0 Å². The second-order valence-electron chi connectivity index (χ2n) is 13.7. The van der Waals surface area contributed by atoms with E-state index in [9.17, 15) is 58.8 Å². The number of fused-ring (bicyclic) bond motifs is 1. The minimum absolute atomic E-state index is 0.0715. The van der Waals surface area contributed by atoms with Crippen LogP contribution in [0.5, 0.6) is 5.75 Å². The SMILES string of the molecule is C[C@H](NC(=O)[C@H](CC(=O)O)NC(=O)[C@H](Cc1c[nH]c2ccccc12)NC(=O)[C@H](CC(=O)O)NC(=O)[C@H](Cc1ccc(O)cc1)NC(=O)[C@@H](N)Cc1ccccc1)C(=O)O. The molecule has 0 bridgehead atoms. The van der Waals surface area contributed by atoms with Crippen molar-refractivity contribution in [2.45, 2.75) is 75.3 Å². The summed E-state index contributed by atoms with van der Waals surface area (Å²) in [6.45, 7) is 1.12. The number of H-pyrrole nitrogens is 1. The molecule has 12 N–H and O–H groups in total. The van der Waals surface area contributed by atoms with Crippen LogP contribution in [0, 0.1) is 0 Å². The van der Waals surface area contributed by atoms with Gasteiger partial charge in [0.15, 0.2) is 0 Å². The summed E-state index contributed by atoms with van der Waals surface area (Å²) in [4.78, 5) is 106. The minimum atomic E-state index is -1.86. The third kappa shape index (κ3) is 13.4. The Bertz CT molecular complexity index is 2160. The first-order valence-electron chi connectivity index (χ1n) is 18.3. The number of aromatic amines is 1. The molecule has 0 spiro atoms. The van der Waals surface area contributed by atoms with Gasteiger partial charge in [-0.2, -0.15) is 0 Å². The summed E-state index contributed by atoms with van der Waals surface area (Å²) >= 11 is 0. The fourth-order valence-corrected chi connectivity index (χ4v) is 6.01. The number of rotatable bonds is 21. The van der Waals surface area contributed by atoms with Crippen molar-refractivity contribution in [1.82, 2.24) is 31.6 Å². The number of hydrogen-bond donors (Lipinski definition) is 11. The molecule has 0 saturated carbocycles. The van der Waals surface area contributed by atoms with Crippen LogP contribution < -0.4 is 32.3 Å². The predicted octanol–water partition coefficient (Wildman–Crippen LogP) is -0.293. The first-order valence-corrected chi connectivity index (χ1v) is 18.3. The number of aliphatic carboxylic acids is 3. The number of aromatic nitrogens is 1. The first kappa shape index (κ1) is 44.4. The summed E-state index contributed by atoms with van der Waals surface area (Å²) in [7, 11) is 0. The minimum Gasteiger partial charge on any atom is -0.508 e. The number of hydrogen-bond acceptors (Lipinski definition) is 10. The van der Waals surface area contributed by atoms with Gasteiger partial charge in [-0.05, 0) is 48.2 Å². The third-order valence-corrected chi connectivity index (χ3v) is 9.13. The van der Waals surface area contributed by atoms with E-state index in [0.717, 1.165) is 12.5 Å². The Morgan fingerprint density at radius 1 is 0.576 bits per heavy atom. The lowest BCUT2D eigenvalue weighted by molar-refractivity contribution is -0.143. The molecule has 6 atom stereocenters. The molecular formula is C40H45N7O12. The lowest BCUT2D eigenvalue weighted by Gasteiger charge is -2.26. The van der Waals surface area contributed by atoms with Crippen LogP contribution in [-0.2, 0) is 57.6 Å². The summed E-state index contributed by atoms with van der Waals surface area (Å²) in [6.07, 6.45) is -0.792. The van der Waals surface area contributed by atoms with E-state index in [0.29, 0.717) is 22.0 Å². The highest BCUT2D eigenvalue weighted by Gasteiger charge is 2.34. The van der Waals surface area contributed by atoms with Crippen LogP contribution >= 0.6 is 0 Å². The Hall–Kier alpha value is -7.28. The molecule has 312 valence electrons. The number of carbonyl (C=O) groups is 8. The molecule has 19 heteroatoms. The molecule has 1 heterocycles. The Morgan fingerprint density at radius 3 is 1.63 bits per heavy atom. The standard InChI is InChI=1S/C40H45N7O12/c1-21(40(58)59)43-36(54)31(18-33(49)50)46-38(56)30(17-24-20-42-28-10-6-5-9-26(24)28)45-39(57)32(19-34(51)52)47-37(55)29(16-23-11-13-25(48)14-12-23)44-35(53)27(41)15-22-7-3-2-4-8-22/h2-14,20-21,27,29-32,42,48H,15-19,41H2,1H3,(H,43,54)(H,44,53)(H,45,57)(H,46,56)(H,47,55)(H,49,50)(H,51,52)(H,58,59)/t21-,27-,29-,30-,31-,32-/m0/s1. The van der Waals surface area contributed by atoms with Gasteiger partial charge in [-0.15, -0.1) is 0 Å². The molecule has 4 rings (SSSR count). The van der Waals surface area contributed by atoms with Gasteiger partial charge in [0.2, 0.25) is 29.5 Å². The maximum Gasteiger partial charge on any atom is 0.325 e. The fourth-order valence-electron chi connectivity index (χ4n) is 6.01. The van der Waals surface area contributed by atoms with Crippen LogP contribution in [0.2, 0.25) is 0 Å². The molecule has 3 aromatic carbocycles. The number of nitrogens with two attached hydrogens (primary N) is 1. The number of benzene rings is 3. The van der Waals surface area contributed by atoms with E-state index in [1.54, 1.807) is 60.8 Å². The number of para-hydroxylation sites is 1. The van der Waals surface area contributed by atoms with Crippen LogP contribution in [0.1, 0.15) is 36.5 Å². The molecule has 0 aliphatic heterocycles. The van der Waals surface area contributed by atoms with E-state index in [1.165, 1.54) is 24.3 Å². The van der Waals surface area contributed by atoms with Crippen LogP contribution in [0.15, 0.2) is 85.1 Å². The number of phenols is 1. The summed E-state index contributed by atoms with van der Waals surface area (Å²) in [5.74, 6) is -9.71. The highest BCUT2D eigenvalue weighted by Crippen LogP contribution is 2.20. The van der Waals surface area contributed by atoms with Crippen LogP contribution in [0.3, 0.4) is 0 Å². The number of amides is 5. The predicted molar refractivity (Wildman–Crippen MR) is 209 cm³/mol. The Labute approximate surface area is 336 Å². The number of carboxylic acids is 3. The van der Waals surface area contributed by atoms with Gasteiger partial charge in [0.25, 0.3) is 0 Å². The Kier molecular flexibility index (Phi) is 15.6. The normalized spacial score (nSPS) is 14.0. The second-order valence-corrected chi connectivity index (χ2v) is 13.7. The summed E-state index contributed by atoms with van der Waals surface area (Å²) in [5.41, 5.74) is 8.51. The van der Waals surface area contributed by atoms with Gasteiger partial charge in [0.1, 0.15) is 36.0 Å². The average Bonchev–Trinajstić information content (AvgIpc) is 3.59. The maximum atomic E-state index is 13.9. The molecule has 59 heavy (non-hydrogen) atoms. The van der Waals surface area contributed by atoms with E-state index in [1.807, 2.05) is 0 Å². The maximum absolute atomic E-state index is 13.9. The van der Waals surface area contributed by atoms with E-state index in [4.69, 9.17) is 5.73 Å². The highest BCUT2D eigenvalue weighted by molar-refractivity contribution is 5.98. The van der Waals surface area contributed by atoms with Crippen molar-refractivity contribution in [3.63, 3.8) is 0 Å². The molecule has 1 aromatic heterocycles. The Balaban J connectivity index is 1.61. The van der Waals surface area contributed by atoms with Crippen LogP contribution in [0.4, 0.5) is 0 Å². The summed E-state index contributed by atoms with van der Waals surface area (Å²) in [6, 6.07) is 12.1. The van der Waals surface area contributed by atoms with Crippen molar-refractivity contribution < 1.29 is 58.8 Å². The fraction of sp³-hybridized carbons (Fsp3) is 0.300. The third-order valence-electron chi connectivity index (χ3n) is 9.13. The van der Waals surface area contributed by atoms with Crippen molar-refractivity contribution in [3.8, 4) is 5.75 Å². The monoisotopic (exact) mass is 815 g/mol. The van der Waals surface area contributed by atoms with Crippen LogP contribution in [0.25, 0.3) is 10.9 Å². The van der Waals surface area contributed by atoms with E-state index >= 15 is 0 Å². The molecule has 0 saturated heterocycles. The average molecular weight is 816 g/mol. The summed E-state index contributed by atoms with van der Waals surface area (Å²) < 4.78 is 0. The van der Waals surface area contributed by atoms with Gasteiger partial charge >= 0.3 is 17.9 Å². The van der Waals surface area contributed by atoms with Crippen LogP contribution in [-0.4, -0.2) is 109 Å². The van der Waals surface area contributed by atoms with Gasteiger partial charge in [0.05, 0.1) is 18.9 Å². The molecular weight excluding hydrogens is 770 g/mol. The van der Waals surface area contributed by atoms with Crippen molar-refractivity contribution in [3.05, 3.63) is 102 Å². The zero-order valence-corrected chi connectivity index (χ0v) is 31.7. The molecule has 19 nitrogen and oxygen atoms in total. The molecule has 0 fully saturated rings. The molecule has 0 aliphatic carbocycles. The Morgan fingerprint density at radius 2 is 1.05 bits per heavy atom. The lowest BCUT2D eigenvalue weighted by atomic mass is 10.0. The number of aromatic hydroxyl groups is 1. The number of carbonyl (C=O) groups excluding carboxylic acids is 5. The van der Waals surface area contributed by atoms with Crippen molar-refractivity contribution in [1.29, 1.82) is 0 Å². The van der Waals surface area contributed by atoms with Crippen molar-refractivity contribution in [2.24, 2.45) is 5.73 Å². The largest absolute Gasteiger partial charge is 0.508 e. The van der Waals surface area contributed by atoms with Gasteiger partial charge in [0, 0.05) is 29.9 Å². The summed E-state index contributed by atoms with van der Waals surface area (Å²) in [5, 5.41) is 50.6. The van der Waals surface area contributed by atoms with E-state index in [2.05, 4.69) is 31.6 Å². The molecule has 0 unspecified atom stereocenters. The molecule has 5 amide bonds. The lowest BCUT2D eigenvalue weighted by Crippen LogP contribution is -2.60. The van der Waals surface area contributed by atoms with Gasteiger partial charge in [-0.3, -0.25) is 38.4 Å². The van der Waals surface area contributed by atoms with Crippen molar-refractivity contribution in [2.75, 3.05) is 0 Å². The van der Waals surface area contributed by atoms with E-state index < -0.39 is 96.5 Å². The van der Waals surface area contributed by atoms with Gasteiger partial charge in [-0.1, -0.05) is 60.7 Å². The molecule has 0 radical (unpaired) electrons. The quantitative estimate of drug-likeness (QED) is 0.0516. The van der Waals surface area contributed by atoms with Gasteiger partial charge in [-0.25, -0.2) is 0 Å². The number of carboxylic acid groups (broad SMARTS) is 3. The number of phenolic OH excluding ortho intramolecular Hbond substituents is 1.